The minimum atomic E-state index is -0.387. The number of aromatic nitrogens is 1. The number of nitrogens with one attached hydrogen (secondary N) is 1. The van der Waals surface area contributed by atoms with Crippen LogP contribution in [0.3, 0.4) is 0 Å². The molecule has 1 aromatic heterocycles. The highest BCUT2D eigenvalue weighted by Crippen LogP contribution is 2.24. The van der Waals surface area contributed by atoms with Gasteiger partial charge in [0.1, 0.15) is 0 Å². The molecule has 0 bridgehead atoms. The topological polar surface area (TPSA) is 45.1 Å². The molecule has 0 saturated carbocycles. The van der Waals surface area contributed by atoms with Crippen LogP contribution in [-0.4, -0.2) is 22.7 Å². The first-order valence-corrected chi connectivity index (χ1v) is 5.51. The number of anilines is 1. The molecule has 0 aliphatic heterocycles. The van der Waals surface area contributed by atoms with Crippen molar-refractivity contribution in [2.75, 3.05) is 11.9 Å². The smallest absolute Gasteiger partial charge is 0.0723 e. The molecule has 0 unspecified atom stereocenters. The Balaban J connectivity index is 2.40. The van der Waals surface area contributed by atoms with Gasteiger partial charge in [-0.05, 0) is 31.2 Å². The third-order valence-corrected chi connectivity index (χ3v) is 2.53. The van der Waals surface area contributed by atoms with Gasteiger partial charge in [0.25, 0.3) is 0 Å². The Kier molecular flexibility index (Phi) is 3.27. The fourth-order valence-electron chi connectivity index (χ4n) is 1.53. The van der Waals surface area contributed by atoms with Gasteiger partial charge in [0.15, 0.2) is 0 Å². The lowest BCUT2D eigenvalue weighted by molar-refractivity contribution is 0.208. The summed E-state index contributed by atoms with van der Waals surface area (Å²) in [6.45, 7) is 2.25. The van der Waals surface area contributed by atoms with Crippen LogP contribution in [0.15, 0.2) is 30.5 Å². The van der Waals surface area contributed by atoms with Crippen LogP contribution >= 0.6 is 11.6 Å². The van der Waals surface area contributed by atoms with Gasteiger partial charge in [-0.3, -0.25) is 4.98 Å². The average Bonchev–Trinajstić information content (AvgIpc) is 2.26. The summed E-state index contributed by atoms with van der Waals surface area (Å²) in [6.07, 6.45) is 1.35. The molecule has 0 aliphatic carbocycles. The lowest BCUT2D eigenvalue weighted by Crippen LogP contribution is -2.15. The largest absolute Gasteiger partial charge is 0.392 e. The van der Waals surface area contributed by atoms with Crippen molar-refractivity contribution < 1.29 is 5.11 Å². The second-order valence-electron chi connectivity index (χ2n) is 3.75. The van der Waals surface area contributed by atoms with Gasteiger partial charge in [-0.1, -0.05) is 11.6 Å². The van der Waals surface area contributed by atoms with Crippen LogP contribution in [0.2, 0.25) is 5.02 Å². The van der Waals surface area contributed by atoms with Crippen LogP contribution < -0.4 is 5.32 Å². The zero-order valence-corrected chi connectivity index (χ0v) is 9.70. The highest BCUT2D eigenvalue weighted by atomic mass is 35.5. The van der Waals surface area contributed by atoms with Crippen molar-refractivity contribution >= 4 is 28.2 Å². The predicted octanol–water partition coefficient (Wildman–Crippen LogP) is 2.68. The summed E-state index contributed by atoms with van der Waals surface area (Å²) in [6, 6.07) is 7.44. The summed E-state index contributed by atoms with van der Waals surface area (Å²) in [4.78, 5) is 4.25. The molecular weight excluding hydrogens is 224 g/mol. The molecule has 1 heterocycles. The van der Waals surface area contributed by atoms with Gasteiger partial charge >= 0.3 is 0 Å². The number of aliphatic hydroxyl groups excluding tert-OH is 1. The molecule has 0 aliphatic rings. The van der Waals surface area contributed by atoms with E-state index in [4.69, 9.17) is 11.6 Å². The Morgan fingerprint density at radius 2 is 2.25 bits per heavy atom. The second kappa shape index (κ2) is 4.68. The van der Waals surface area contributed by atoms with Crippen molar-refractivity contribution in [3.8, 4) is 0 Å². The maximum absolute atomic E-state index is 9.24. The number of hydrogen-bond acceptors (Lipinski definition) is 3. The molecule has 2 rings (SSSR count). The third-order valence-electron chi connectivity index (χ3n) is 2.29. The minimum Gasteiger partial charge on any atom is -0.392 e. The molecule has 2 N–H and O–H groups in total. The number of hydrogen-bond donors (Lipinski definition) is 2. The molecule has 0 spiro atoms. The van der Waals surface area contributed by atoms with Crippen LogP contribution in [-0.2, 0) is 0 Å². The molecule has 0 amide bonds. The van der Waals surface area contributed by atoms with Crippen molar-refractivity contribution in [3.63, 3.8) is 0 Å². The van der Waals surface area contributed by atoms with Crippen LogP contribution in [0.5, 0.6) is 0 Å². The monoisotopic (exact) mass is 236 g/mol. The van der Waals surface area contributed by atoms with Gasteiger partial charge in [-0.15, -0.1) is 0 Å². The van der Waals surface area contributed by atoms with Gasteiger partial charge in [0.05, 0.1) is 11.6 Å². The maximum Gasteiger partial charge on any atom is 0.0723 e. The number of halogens is 1. The Morgan fingerprint density at radius 1 is 1.44 bits per heavy atom. The summed E-state index contributed by atoms with van der Waals surface area (Å²) in [7, 11) is 0. The van der Waals surface area contributed by atoms with E-state index in [0.29, 0.717) is 11.6 Å². The first kappa shape index (κ1) is 11.2. The van der Waals surface area contributed by atoms with E-state index in [1.54, 1.807) is 13.1 Å². The maximum atomic E-state index is 9.24. The predicted molar refractivity (Wildman–Crippen MR) is 66.9 cm³/mol. The van der Waals surface area contributed by atoms with Crippen molar-refractivity contribution in [1.29, 1.82) is 0 Å². The van der Waals surface area contributed by atoms with Gasteiger partial charge in [0.2, 0.25) is 0 Å². The Labute approximate surface area is 99.1 Å². The molecule has 2 aromatic rings. The summed E-state index contributed by atoms with van der Waals surface area (Å²) < 4.78 is 0. The van der Waals surface area contributed by atoms with E-state index in [1.807, 2.05) is 24.3 Å². The lowest BCUT2D eigenvalue weighted by atomic mass is 10.2. The van der Waals surface area contributed by atoms with Crippen LogP contribution in [0.25, 0.3) is 10.9 Å². The van der Waals surface area contributed by atoms with Crippen molar-refractivity contribution in [2.24, 2.45) is 0 Å². The Hall–Kier alpha value is -1.32. The van der Waals surface area contributed by atoms with E-state index in [1.165, 1.54) is 0 Å². The number of rotatable bonds is 3. The van der Waals surface area contributed by atoms with E-state index < -0.39 is 0 Å². The van der Waals surface area contributed by atoms with Gasteiger partial charge in [0, 0.05) is 28.8 Å². The standard InChI is InChI=1S/C12H13ClN2O/c1-8(16)7-15-12-4-5-14-11-3-2-9(13)6-10(11)12/h2-6,8,16H,7H2,1H3,(H,14,15)/t8-/m0/s1. The van der Waals surface area contributed by atoms with E-state index in [-0.39, 0.29) is 6.10 Å². The van der Waals surface area contributed by atoms with E-state index in [0.717, 1.165) is 16.6 Å². The second-order valence-corrected chi connectivity index (χ2v) is 4.19. The number of fused-ring (bicyclic) bond motifs is 1. The fourth-order valence-corrected chi connectivity index (χ4v) is 1.70. The Bertz CT molecular complexity index is 499. The summed E-state index contributed by atoms with van der Waals surface area (Å²) in [5.74, 6) is 0. The SMILES string of the molecule is C[C@H](O)CNc1ccnc2ccc(Cl)cc12. The summed E-state index contributed by atoms with van der Waals surface area (Å²) in [5.41, 5.74) is 1.83. The van der Waals surface area contributed by atoms with Crippen molar-refractivity contribution in [1.82, 2.24) is 4.98 Å². The highest BCUT2D eigenvalue weighted by Gasteiger charge is 2.03. The highest BCUT2D eigenvalue weighted by molar-refractivity contribution is 6.31. The first-order chi connectivity index (χ1) is 7.66. The van der Waals surface area contributed by atoms with Crippen molar-refractivity contribution in [2.45, 2.75) is 13.0 Å². The normalized spacial score (nSPS) is 12.7. The molecule has 0 radical (unpaired) electrons. The first-order valence-electron chi connectivity index (χ1n) is 5.13. The number of aliphatic hydroxyl groups is 1. The van der Waals surface area contributed by atoms with Gasteiger partial charge in [-0.25, -0.2) is 0 Å². The summed E-state index contributed by atoms with van der Waals surface area (Å²) >= 11 is 5.95. The summed E-state index contributed by atoms with van der Waals surface area (Å²) in [5, 5.41) is 14.1. The fraction of sp³-hybridized carbons (Fsp3) is 0.250. The molecule has 84 valence electrons. The molecule has 1 atom stereocenters. The number of benzene rings is 1. The zero-order valence-electron chi connectivity index (χ0n) is 8.94. The van der Waals surface area contributed by atoms with Crippen LogP contribution in [0.1, 0.15) is 6.92 Å². The molecule has 16 heavy (non-hydrogen) atoms. The zero-order chi connectivity index (χ0) is 11.5. The molecule has 3 nitrogen and oxygen atoms in total. The lowest BCUT2D eigenvalue weighted by Gasteiger charge is -2.10. The molecule has 0 saturated heterocycles. The third kappa shape index (κ3) is 2.43. The molecule has 4 heteroatoms. The van der Waals surface area contributed by atoms with E-state index in [9.17, 15) is 5.11 Å². The molecule has 0 fully saturated rings. The molecule has 1 aromatic carbocycles. The number of pyridine rings is 1. The number of nitrogens with zero attached hydrogens (tertiary/aromatic N) is 1. The van der Waals surface area contributed by atoms with Crippen LogP contribution in [0.4, 0.5) is 5.69 Å². The average molecular weight is 237 g/mol. The minimum absolute atomic E-state index is 0.387. The molecular formula is C12H13ClN2O. The Morgan fingerprint density at radius 3 is 3.00 bits per heavy atom. The van der Waals surface area contributed by atoms with E-state index in [2.05, 4.69) is 10.3 Å². The van der Waals surface area contributed by atoms with Gasteiger partial charge < -0.3 is 10.4 Å². The van der Waals surface area contributed by atoms with E-state index >= 15 is 0 Å². The van der Waals surface area contributed by atoms with Crippen molar-refractivity contribution in [3.05, 3.63) is 35.5 Å². The van der Waals surface area contributed by atoms with Gasteiger partial charge in [-0.2, -0.15) is 0 Å². The van der Waals surface area contributed by atoms with Crippen LogP contribution in [0, 0.1) is 0 Å². The quantitative estimate of drug-likeness (QED) is 0.861.